The minimum absolute atomic E-state index is 0.946. The molecule has 1 rings (SSSR count). The number of hydrogen-bond donors (Lipinski definition) is 1. The summed E-state index contributed by atoms with van der Waals surface area (Å²) in [5.74, 6) is 0.946. The molecule has 1 N–H and O–H groups in total. The van der Waals surface area contributed by atoms with Gasteiger partial charge >= 0.3 is 0 Å². The maximum atomic E-state index is 3.44. The highest BCUT2D eigenvalue weighted by atomic mass is 15.1. The molecule has 0 amide bonds. The number of hydrogen-bond acceptors (Lipinski definition) is 2. The maximum Gasteiger partial charge on any atom is 0.000755 e. The van der Waals surface area contributed by atoms with Crippen LogP contribution in [0.3, 0.4) is 0 Å². The van der Waals surface area contributed by atoms with Gasteiger partial charge in [0.2, 0.25) is 0 Å². The monoisotopic (exact) mass is 226 g/mol. The second kappa shape index (κ2) is 9.00. The Morgan fingerprint density at radius 3 is 2.44 bits per heavy atom. The van der Waals surface area contributed by atoms with Gasteiger partial charge in [0, 0.05) is 6.54 Å². The molecular formula is C14H30N2. The number of nitrogens with zero attached hydrogens (tertiary/aromatic N) is 1. The molecule has 2 nitrogen and oxygen atoms in total. The maximum absolute atomic E-state index is 3.44. The molecule has 96 valence electrons. The predicted molar refractivity (Wildman–Crippen MR) is 71.8 cm³/mol. The van der Waals surface area contributed by atoms with Gasteiger partial charge in [-0.05, 0) is 51.9 Å². The van der Waals surface area contributed by atoms with E-state index < -0.39 is 0 Å². The zero-order valence-corrected chi connectivity index (χ0v) is 11.3. The summed E-state index contributed by atoms with van der Waals surface area (Å²) in [6, 6.07) is 0. The van der Waals surface area contributed by atoms with E-state index >= 15 is 0 Å². The molecule has 16 heavy (non-hydrogen) atoms. The molecule has 1 saturated heterocycles. The van der Waals surface area contributed by atoms with Crippen molar-refractivity contribution in [2.45, 2.75) is 51.9 Å². The highest BCUT2D eigenvalue weighted by Gasteiger charge is 2.14. The van der Waals surface area contributed by atoms with Crippen LogP contribution < -0.4 is 5.32 Å². The van der Waals surface area contributed by atoms with Gasteiger partial charge in [-0.2, -0.15) is 0 Å². The summed E-state index contributed by atoms with van der Waals surface area (Å²) in [4.78, 5) is 2.54. The van der Waals surface area contributed by atoms with Gasteiger partial charge in [0.25, 0.3) is 0 Å². The van der Waals surface area contributed by atoms with Gasteiger partial charge in [-0.15, -0.1) is 0 Å². The Morgan fingerprint density at radius 1 is 1.06 bits per heavy atom. The standard InChI is InChI=1S/C14H30N2/c1-3-4-5-6-7-12-16(2)13-14-8-10-15-11-9-14/h14-15H,3-13H2,1-2H3. The lowest BCUT2D eigenvalue weighted by molar-refractivity contribution is 0.236. The molecule has 0 unspecified atom stereocenters. The Kier molecular flexibility index (Phi) is 7.87. The van der Waals surface area contributed by atoms with Crippen molar-refractivity contribution in [2.24, 2.45) is 5.92 Å². The van der Waals surface area contributed by atoms with Gasteiger partial charge in [0.1, 0.15) is 0 Å². The van der Waals surface area contributed by atoms with E-state index in [1.54, 1.807) is 0 Å². The van der Waals surface area contributed by atoms with Crippen LogP contribution in [0.4, 0.5) is 0 Å². The third-order valence-corrected chi connectivity index (χ3v) is 3.67. The minimum atomic E-state index is 0.946. The summed E-state index contributed by atoms with van der Waals surface area (Å²) >= 11 is 0. The van der Waals surface area contributed by atoms with Crippen molar-refractivity contribution in [2.75, 3.05) is 33.2 Å². The van der Waals surface area contributed by atoms with Gasteiger partial charge in [-0.1, -0.05) is 32.6 Å². The molecule has 0 aromatic carbocycles. The van der Waals surface area contributed by atoms with Crippen LogP contribution in [0.25, 0.3) is 0 Å². The van der Waals surface area contributed by atoms with Crippen LogP contribution in [0, 0.1) is 5.92 Å². The SMILES string of the molecule is CCCCCCCN(C)CC1CCNCC1. The van der Waals surface area contributed by atoms with Crippen LogP contribution in [-0.4, -0.2) is 38.1 Å². The van der Waals surface area contributed by atoms with Crippen molar-refractivity contribution in [3.8, 4) is 0 Å². The first-order chi connectivity index (χ1) is 7.83. The quantitative estimate of drug-likeness (QED) is 0.640. The van der Waals surface area contributed by atoms with E-state index in [4.69, 9.17) is 0 Å². The molecule has 0 aromatic heterocycles. The fourth-order valence-electron chi connectivity index (χ4n) is 2.58. The lowest BCUT2D eigenvalue weighted by Gasteiger charge is -2.27. The number of rotatable bonds is 8. The molecule has 0 aromatic rings. The fraction of sp³-hybridized carbons (Fsp3) is 1.00. The van der Waals surface area contributed by atoms with Crippen LogP contribution in [0.15, 0.2) is 0 Å². The van der Waals surface area contributed by atoms with Gasteiger partial charge in [0.05, 0.1) is 0 Å². The average Bonchev–Trinajstić information content (AvgIpc) is 2.30. The van der Waals surface area contributed by atoms with Crippen LogP contribution in [0.2, 0.25) is 0 Å². The van der Waals surface area contributed by atoms with E-state index in [0.717, 1.165) is 5.92 Å². The minimum Gasteiger partial charge on any atom is -0.317 e. The molecular weight excluding hydrogens is 196 g/mol. The van der Waals surface area contributed by atoms with Crippen LogP contribution >= 0.6 is 0 Å². The molecule has 0 atom stereocenters. The molecule has 1 fully saturated rings. The second-order valence-electron chi connectivity index (χ2n) is 5.37. The molecule has 0 radical (unpaired) electrons. The molecule has 2 heteroatoms. The van der Waals surface area contributed by atoms with E-state index in [-0.39, 0.29) is 0 Å². The Balaban J connectivity index is 1.95. The Hall–Kier alpha value is -0.0800. The molecule has 0 saturated carbocycles. The number of piperidine rings is 1. The first kappa shape index (κ1) is 14.0. The number of nitrogens with one attached hydrogen (secondary N) is 1. The van der Waals surface area contributed by atoms with Gasteiger partial charge in [-0.3, -0.25) is 0 Å². The molecule has 0 bridgehead atoms. The molecule has 1 heterocycles. The lowest BCUT2D eigenvalue weighted by Crippen LogP contribution is -2.34. The second-order valence-corrected chi connectivity index (χ2v) is 5.37. The van der Waals surface area contributed by atoms with E-state index in [9.17, 15) is 0 Å². The number of unbranched alkanes of at least 4 members (excludes halogenated alkanes) is 4. The summed E-state index contributed by atoms with van der Waals surface area (Å²) in [7, 11) is 2.29. The van der Waals surface area contributed by atoms with E-state index in [1.807, 2.05) is 0 Å². The fourth-order valence-corrected chi connectivity index (χ4v) is 2.58. The zero-order chi connectivity index (χ0) is 11.6. The van der Waals surface area contributed by atoms with Crippen LogP contribution in [-0.2, 0) is 0 Å². The van der Waals surface area contributed by atoms with E-state index in [2.05, 4.69) is 24.2 Å². The molecule has 0 aliphatic carbocycles. The first-order valence-electron chi connectivity index (χ1n) is 7.22. The van der Waals surface area contributed by atoms with Crippen LogP contribution in [0.5, 0.6) is 0 Å². The first-order valence-corrected chi connectivity index (χ1v) is 7.22. The smallest absolute Gasteiger partial charge is 0.000755 e. The van der Waals surface area contributed by atoms with Crippen molar-refractivity contribution in [3.63, 3.8) is 0 Å². The lowest BCUT2D eigenvalue weighted by atomic mass is 9.97. The van der Waals surface area contributed by atoms with Gasteiger partial charge in [-0.25, -0.2) is 0 Å². The van der Waals surface area contributed by atoms with E-state index in [0.29, 0.717) is 0 Å². The Bertz CT molecular complexity index is 153. The average molecular weight is 226 g/mol. The van der Waals surface area contributed by atoms with Crippen molar-refractivity contribution in [1.82, 2.24) is 10.2 Å². The van der Waals surface area contributed by atoms with E-state index in [1.165, 1.54) is 71.1 Å². The summed E-state index contributed by atoms with van der Waals surface area (Å²) in [6.45, 7) is 7.36. The Morgan fingerprint density at radius 2 is 1.75 bits per heavy atom. The normalized spacial score (nSPS) is 18.2. The van der Waals surface area contributed by atoms with Crippen molar-refractivity contribution < 1.29 is 0 Å². The molecule has 1 aliphatic rings. The van der Waals surface area contributed by atoms with Gasteiger partial charge < -0.3 is 10.2 Å². The zero-order valence-electron chi connectivity index (χ0n) is 11.3. The molecule has 1 aliphatic heterocycles. The third-order valence-electron chi connectivity index (χ3n) is 3.67. The Labute approximate surface area is 102 Å². The third kappa shape index (κ3) is 6.49. The van der Waals surface area contributed by atoms with Crippen molar-refractivity contribution in [3.05, 3.63) is 0 Å². The van der Waals surface area contributed by atoms with Crippen molar-refractivity contribution in [1.29, 1.82) is 0 Å². The highest BCUT2D eigenvalue weighted by molar-refractivity contribution is 4.71. The highest BCUT2D eigenvalue weighted by Crippen LogP contribution is 2.13. The van der Waals surface area contributed by atoms with Gasteiger partial charge in [0.15, 0.2) is 0 Å². The predicted octanol–water partition coefficient (Wildman–Crippen LogP) is 2.89. The summed E-state index contributed by atoms with van der Waals surface area (Å²) < 4.78 is 0. The van der Waals surface area contributed by atoms with Crippen LogP contribution in [0.1, 0.15) is 51.9 Å². The summed E-state index contributed by atoms with van der Waals surface area (Å²) in [5.41, 5.74) is 0. The molecule has 0 spiro atoms. The van der Waals surface area contributed by atoms with Crippen molar-refractivity contribution >= 4 is 0 Å². The topological polar surface area (TPSA) is 15.3 Å². The largest absolute Gasteiger partial charge is 0.317 e. The summed E-state index contributed by atoms with van der Waals surface area (Å²) in [5, 5.41) is 3.44. The summed E-state index contributed by atoms with van der Waals surface area (Å²) in [6.07, 6.45) is 9.76.